The van der Waals surface area contributed by atoms with Gasteiger partial charge in [0.2, 0.25) is 5.91 Å². The average molecular weight is 390 g/mol. The highest BCUT2D eigenvalue weighted by Crippen LogP contribution is 2.35. The summed E-state index contributed by atoms with van der Waals surface area (Å²) in [6.45, 7) is 1.93. The van der Waals surface area contributed by atoms with Crippen molar-refractivity contribution in [2.45, 2.75) is 25.3 Å². The molecule has 1 aromatic carbocycles. The van der Waals surface area contributed by atoms with Crippen LogP contribution in [0.15, 0.2) is 52.1 Å². The second-order valence-corrected chi connectivity index (χ2v) is 8.09. The minimum absolute atomic E-state index is 0.0164. The first-order chi connectivity index (χ1) is 14.0. The van der Waals surface area contributed by atoms with Crippen LogP contribution < -0.4 is 11.1 Å². The van der Waals surface area contributed by atoms with E-state index in [1.165, 1.54) is 4.68 Å². The predicted molar refractivity (Wildman–Crippen MR) is 109 cm³/mol. The number of aryl methyl sites for hydroxylation is 1. The molecule has 2 bridgehead atoms. The van der Waals surface area contributed by atoms with E-state index in [1.54, 1.807) is 25.2 Å². The van der Waals surface area contributed by atoms with E-state index in [0.717, 1.165) is 17.5 Å². The highest BCUT2D eigenvalue weighted by atomic mass is 16.2. The van der Waals surface area contributed by atoms with Crippen LogP contribution in [0.5, 0.6) is 0 Å². The Balaban J connectivity index is 1.44. The van der Waals surface area contributed by atoms with Crippen molar-refractivity contribution in [2.75, 3.05) is 13.1 Å². The molecule has 0 unspecified atom stereocenters. The van der Waals surface area contributed by atoms with Gasteiger partial charge in [-0.25, -0.2) is 4.68 Å². The van der Waals surface area contributed by atoms with Crippen LogP contribution in [0.4, 0.5) is 0 Å². The Bertz CT molecular complexity index is 1240. The molecule has 7 nitrogen and oxygen atoms in total. The van der Waals surface area contributed by atoms with Gasteiger partial charge in [-0.1, -0.05) is 24.3 Å². The molecular formula is C22H22N4O3. The topological polar surface area (TPSA) is 77.2 Å². The van der Waals surface area contributed by atoms with Gasteiger partial charge in [-0.15, -0.1) is 0 Å². The van der Waals surface area contributed by atoms with E-state index in [1.807, 2.05) is 33.7 Å². The summed E-state index contributed by atoms with van der Waals surface area (Å²) >= 11 is 0. The number of aromatic nitrogens is 3. The summed E-state index contributed by atoms with van der Waals surface area (Å²) in [6, 6.07) is 12.7. The molecule has 0 aliphatic carbocycles. The number of carbonyl (C=O) groups excluding carboxylic acids is 1. The van der Waals surface area contributed by atoms with Gasteiger partial charge in [0.25, 0.3) is 11.1 Å². The first-order valence-corrected chi connectivity index (χ1v) is 9.93. The van der Waals surface area contributed by atoms with Crippen LogP contribution >= 0.6 is 0 Å². The maximum Gasteiger partial charge on any atom is 0.274 e. The van der Waals surface area contributed by atoms with E-state index in [2.05, 4.69) is 5.10 Å². The third kappa shape index (κ3) is 2.97. The molecule has 7 heteroatoms. The number of likely N-dealkylation sites (tertiary alicyclic amines) is 1. The normalized spacial score (nSPS) is 20.5. The standard InChI is InChI=1S/C22H22N4O3/c1-24-22(29)17-6-3-2-5-16(17)18(23-24)10-21(28)25-11-14-9-15(13-25)19-7-4-8-20(27)26(19)12-14/h2-8,14-15H,9-13H2,1H3/t14-,15+/m1/s1. The molecule has 0 radical (unpaired) electrons. The molecular weight excluding hydrogens is 368 g/mol. The van der Waals surface area contributed by atoms with Gasteiger partial charge in [-0.3, -0.25) is 14.4 Å². The Hall–Kier alpha value is -3.22. The Morgan fingerprint density at radius 1 is 1.03 bits per heavy atom. The predicted octanol–water partition coefficient (Wildman–Crippen LogP) is 1.28. The van der Waals surface area contributed by atoms with E-state index in [4.69, 9.17) is 0 Å². The van der Waals surface area contributed by atoms with Crippen LogP contribution in [-0.4, -0.2) is 38.2 Å². The van der Waals surface area contributed by atoms with Crippen molar-refractivity contribution in [1.82, 2.24) is 19.2 Å². The summed E-state index contributed by atoms with van der Waals surface area (Å²) in [4.78, 5) is 39.6. The number of fused-ring (bicyclic) bond motifs is 5. The first-order valence-electron chi connectivity index (χ1n) is 9.93. The highest BCUT2D eigenvalue weighted by Gasteiger charge is 2.36. The summed E-state index contributed by atoms with van der Waals surface area (Å²) < 4.78 is 3.17. The summed E-state index contributed by atoms with van der Waals surface area (Å²) in [7, 11) is 1.61. The van der Waals surface area contributed by atoms with Crippen molar-refractivity contribution < 1.29 is 4.79 Å². The van der Waals surface area contributed by atoms with Crippen LogP contribution in [0.25, 0.3) is 10.8 Å². The summed E-state index contributed by atoms with van der Waals surface area (Å²) in [5, 5.41) is 5.68. The average Bonchev–Trinajstić information content (AvgIpc) is 2.72. The van der Waals surface area contributed by atoms with Crippen LogP contribution in [-0.2, 0) is 24.8 Å². The molecule has 3 aromatic rings. The van der Waals surface area contributed by atoms with Crippen molar-refractivity contribution in [2.24, 2.45) is 13.0 Å². The molecule has 1 saturated heterocycles. The molecule has 1 fully saturated rings. The number of amides is 1. The molecule has 29 heavy (non-hydrogen) atoms. The van der Waals surface area contributed by atoms with Gasteiger partial charge in [0.05, 0.1) is 17.5 Å². The zero-order chi connectivity index (χ0) is 20.1. The number of rotatable bonds is 2. The highest BCUT2D eigenvalue weighted by molar-refractivity contribution is 5.88. The van der Waals surface area contributed by atoms with Crippen molar-refractivity contribution >= 4 is 16.7 Å². The van der Waals surface area contributed by atoms with E-state index >= 15 is 0 Å². The first kappa shape index (κ1) is 17.8. The molecule has 2 aliphatic heterocycles. The molecule has 0 saturated carbocycles. The zero-order valence-corrected chi connectivity index (χ0v) is 16.2. The fraction of sp³-hybridized carbons (Fsp3) is 0.364. The van der Waals surface area contributed by atoms with Gasteiger partial charge < -0.3 is 9.47 Å². The molecule has 2 aromatic heterocycles. The molecule has 2 aliphatic rings. The Morgan fingerprint density at radius 2 is 1.83 bits per heavy atom. The number of carbonyl (C=O) groups is 1. The lowest BCUT2D eigenvalue weighted by Gasteiger charge is -2.42. The minimum atomic E-state index is -0.161. The van der Waals surface area contributed by atoms with Crippen molar-refractivity contribution in [3.05, 3.63) is 74.6 Å². The van der Waals surface area contributed by atoms with Gasteiger partial charge in [-0.2, -0.15) is 5.10 Å². The second kappa shape index (κ2) is 6.69. The maximum absolute atomic E-state index is 13.1. The minimum Gasteiger partial charge on any atom is -0.341 e. The molecule has 148 valence electrons. The van der Waals surface area contributed by atoms with Gasteiger partial charge >= 0.3 is 0 Å². The fourth-order valence-corrected chi connectivity index (χ4v) is 4.86. The molecule has 5 rings (SSSR count). The Kier molecular flexibility index (Phi) is 4.12. The lowest BCUT2D eigenvalue weighted by Crippen LogP contribution is -2.49. The lowest BCUT2D eigenvalue weighted by atomic mass is 9.83. The number of hydrogen-bond donors (Lipinski definition) is 0. The van der Waals surface area contributed by atoms with Crippen LogP contribution in [0.3, 0.4) is 0 Å². The summed E-state index contributed by atoms with van der Waals surface area (Å²) in [6.07, 6.45) is 1.17. The number of hydrogen-bond acceptors (Lipinski definition) is 4. The van der Waals surface area contributed by atoms with E-state index in [-0.39, 0.29) is 35.3 Å². The molecule has 0 spiro atoms. The smallest absolute Gasteiger partial charge is 0.274 e. The number of nitrogens with zero attached hydrogens (tertiary/aromatic N) is 4. The van der Waals surface area contributed by atoms with Crippen LogP contribution in [0.1, 0.15) is 23.7 Å². The van der Waals surface area contributed by atoms with Crippen LogP contribution in [0, 0.1) is 5.92 Å². The fourth-order valence-electron chi connectivity index (χ4n) is 4.86. The number of benzene rings is 1. The van der Waals surface area contributed by atoms with E-state index < -0.39 is 0 Å². The number of piperidine rings is 1. The molecule has 2 atom stereocenters. The van der Waals surface area contributed by atoms with E-state index in [0.29, 0.717) is 30.7 Å². The zero-order valence-electron chi connectivity index (χ0n) is 16.2. The number of pyridine rings is 1. The Labute approximate surface area is 167 Å². The summed E-state index contributed by atoms with van der Waals surface area (Å²) in [5.74, 6) is 0.489. The third-order valence-electron chi connectivity index (χ3n) is 6.18. The third-order valence-corrected chi connectivity index (χ3v) is 6.18. The van der Waals surface area contributed by atoms with Crippen molar-refractivity contribution in [1.29, 1.82) is 0 Å². The largest absolute Gasteiger partial charge is 0.341 e. The SMILES string of the molecule is Cn1nc(CC(=O)N2C[C@H]3C[C@@H](C2)c2cccc(=O)n2C3)c2ccccc2c1=O. The summed E-state index contributed by atoms with van der Waals surface area (Å²) in [5.41, 5.74) is 1.53. The molecule has 1 amide bonds. The molecule has 4 heterocycles. The lowest BCUT2D eigenvalue weighted by molar-refractivity contribution is -0.133. The molecule has 0 N–H and O–H groups in total. The van der Waals surface area contributed by atoms with Crippen LogP contribution in [0.2, 0.25) is 0 Å². The van der Waals surface area contributed by atoms with Gasteiger partial charge in [0, 0.05) is 49.7 Å². The van der Waals surface area contributed by atoms with Crippen molar-refractivity contribution in [3.8, 4) is 0 Å². The quantitative estimate of drug-likeness (QED) is 0.661. The Morgan fingerprint density at radius 3 is 2.66 bits per heavy atom. The monoisotopic (exact) mass is 390 g/mol. The van der Waals surface area contributed by atoms with Crippen molar-refractivity contribution in [3.63, 3.8) is 0 Å². The van der Waals surface area contributed by atoms with E-state index in [9.17, 15) is 14.4 Å². The second-order valence-electron chi connectivity index (χ2n) is 8.09. The van der Waals surface area contributed by atoms with Gasteiger partial charge in [0.1, 0.15) is 0 Å². The van der Waals surface area contributed by atoms with Gasteiger partial charge in [-0.05, 0) is 24.5 Å². The van der Waals surface area contributed by atoms with Gasteiger partial charge in [0.15, 0.2) is 0 Å². The maximum atomic E-state index is 13.1.